The Morgan fingerprint density at radius 1 is 1.23 bits per heavy atom. The zero-order valence-electron chi connectivity index (χ0n) is 18.8. The molecule has 1 aromatic carbocycles. The van der Waals surface area contributed by atoms with E-state index in [0.717, 1.165) is 44.2 Å². The van der Waals surface area contributed by atoms with E-state index in [0.29, 0.717) is 18.6 Å². The number of rotatable bonds is 4. The van der Waals surface area contributed by atoms with Crippen molar-refractivity contribution in [2.24, 2.45) is 11.3 Å². The van der Waals surface area contributed by atoms with E-state index in [-0.39, 0.29) is 40.6 Å². The summed E-state index contributed by atoms with van der Waals surface area (Å²) in [7, 11) is 0. The molecule has 2 amide bonds. The molecule has 5 heteroatoms. The predicted molar refractivity (Wildman–Crippen MR) is 117 cm³/mol. The van der Waals surface area contributed by atoms with Crippen LogP contribution < -0.4 is 5.32 Å². The van der Waals surface area contributed by atoms with E-state index in [4.69, 9.17) is 0 Å². The van der Waals surface area contributed by atoms with Crippen molar-refractivity contribution in [3.8, 4) is 5.75 Å². The molecule has 164 valence electrons. The summed E-state index contributed by atoms with van der Waals surface area (Å²) < 4.78 is 0. The van der Waals surface area contributed by atoms with Crippen LogP contribution in [-0.4, -0.2) is 40.4 Å². The van der Waals surface area contributed by atoms with Crippen LogP contribution in [-0.2, 0) is 21.4 Å². The topological polar surface area (TPSA) is 69.6 Å². The van der Waals surface area contributed by atoms with Gasteiger partial charge in [-0.1, -0.05) is 39.8 Å². The molecule has 1 heterocycles. The van der Waals surface area contributed by atoms with Crippen molar-refractivity contribution in [2.45, 2.75) is 90.1 Å². The number of benzene rings is 1. The zero-order chi connectivity index (χ0) is 21.7. The number of nitrogens with one attached hydrogen (secondary N) is 1. The van der Waals surface area contributed by atoms with Gasteiger partial charge in [0.15, 0.2) is 0 Å². The van der Waals surface area contributed by atoms with Crippen molar-refractivity contribution in [1.82, 2.24) is 10.2 Å². The normalized spacial score (nSPS) is 31.9. The smallest absolute Gasteiger partial charge is 0.226 e. The Morgan fingerprint density at radius 2 is 2.00 bits per heavy atom. The van der Waals surface area contributed by atoms with E-state index in [1.165, 1.54) is 5.56 Å². The van der Waals surface area contributed by atoms with Crippen LogP contribution in [0.25, 0.3) is 0 Å². The first kappa shape index (κ1) is 21.2. The van der Waals surface area contributed by atoms with Crippen molar-refractivity contribution in [1.29, 1.82) is 0 Å². The first-order valence-corrected chi connectivity index (χ1v) is 11.6. The molecule has 2 N–H and O–H groups in total. The van der Waals surface area contributed by atoms with E-state index in [2.05, 4.69) is 37.1 Å². The Labute approximate surface area is 180 Å². The van der Waals surface area contributed by atoms with E-state index in [9.17, 15) is 14.7 Å². The van der Waals surface area contributed by atoms with Crippen LogP contribution in [0.1, 0.15) is 77.3 Å². The lowest BCUT2D eigenvalue weighted by atomic mass is 9.51. The summed E-state index contributed by atoms with van der Waals surface area (Å²) in [5, 5.41) is 13.7. The minimum absolute atomic E-state index is 0.0113. The van der Waals surface area contributed by atoms with Gasteiger partial charge < -0.3 is 15.3 Å². The number of piperidine rings is 1. The third-order valence-corrected chi connectivity index (χ3v) is 8.53. The molecule has 1 saturated heterocycles. The number of phenolic OH excluding ortho intramolecular Hbond substituents is 1. The van der Waals surface area contributed by atoms with Crippen molar-refractivity contribution in [3.63, 3.8) is 0 Å². The molecule has 0 aromatic heterocycles. The number of fused-ring (bicyclic) bond motifs is 4. The molecule has 30 heavy (non-hydrogen) atoms. The standard InChI is InChI=1S/C25H36N2O3/c1-5-7-22(29)26-17-11-10-16(14-17)23(30)27-13-12-25(4)19-8-6-9-20(28)18(19)15-21(27)24(25,2)3/h6,8-9,16-17,21,28H,5,7,10-15H2,1-4H3,(H,26,29)/t16-,17-,21-,25+/m1/s1. The number of hydrogen-bond acceptors (Lipinski definition) is 3. The fourth-order valence-electron chi connectivity index (χ4n) is 6.29. The van der Waals surface area contributed by atoms with E-state index in [1.807, 2.05) is 13.0 Å². The van der Waals surface area contributed by atoms with Crippen molar-refractivity contribution >= 4 is 11.8 Å². The largest absolute Gasteiger partial charge is 0.508 e. The first-order chi connectivity index (χ1) is 14.2. The number of nitrogens with zero attached hydrogens (tertiary/aromatic N) is 1. The number of carbonyl (C=O) groups is 2. The number of hydrogen-bond donors (Lipinski definition) is 2. The van der Waals surface area contributed by atoms with Gasteiger partial charge in [0.05, 0.1) is 0 Å². The van der Waals surface area contributed by atoms with Crippen LogP contribution in [0, 0.1) is 11.3 Å². The zero-order valence-corrected chi connectivity index (χ0v) is 18.8. The molecule has 2 aliphatic carbocycles. The summed E-state index contributed by atoms with van der Waals surface area (Å²) in [4.78, 5) is 27.7. The second kappa shape index (κ2) is 7.58. The van der Waals surface area contributed by atoms with Crippen LogP contribution in [0.4, 0.5) is 0 Å². The molecular weight excluding hydrogens is 376 g/mol. The van der Waals surface area contributed by atoms with Gasteiger partial charge in [0, 0.05) is 36.4 Å². The summed E-state index contributed by atoms with van der Waals surface area (Å²) in [5.74, 6) is 0.682. The van der Waals surface area contributed by atoms with Gasteiger partial charge in [0.25, 0.3) is 0 Å². The highest BCUT2D eigenvalue weighted by atomic mass is 16.3. The number of carbonyl (C=O) groups excluding carboxylic acids is 2. The van der Waals surface area contributed by atoms with E-state index < -0.39 is 0 Å². The first-order valence-electron chi connectivity index (χ1n) is 11.6. The molecule has 4 atom stereocenters. The summed E-state index contributed by atoms with van der Waals surface area (Å²) >= 11 is 0. The Hall–Kier alpha value is -2.04. The molecule has 2 bridgehead atoms. The minimum atomic E-state index is -0.0744. The van der Waals surface area contributed by atoms with Crippen LogP contribution in [0.15, 0.2) is 18.2 Å². The minimum Gasteiger partial charge on any atom is -0.508 e. The predicted octanol–water partition coefficient (Wildman–Crippen LogP) is 3.92. The summed E-state index contributed by atoms with van der Waals surface area (Å²) in [5.41, 5.74) is 2.12. The maximum atomic E-state index is 13.6. The monoisotopic (exact) mass is 412 g/mol. The molecule has 5 nitrogen and oxygen atoms in total. The molecule has 1 aliphatic heterocycles. The van der Waals surface area contributed by atoms with Crippen LogP contribution in [0.5, 0.6) is 5.75 Å². The number of likely N-dealkylation sites (tertiary alicyclic amines) is 1. The van der Waals surface area contributed by atoms with E-state index in [1.54, 1.807) is 6.07 Å². The third-order valence-electron chi connectivity index (χ3n) is 8.53. The Balaban J connectivity index is 1.54. The highest BCUT2D eigenvalue weighted by Gasteiger charge is 2.57. The SMILES string of the molecule is CCCC(=O)N[C@@H]1CC[C@@H](C(=O)N2CC[C@@]3(C)c4cccc(O)c4C[C@@H]2C3(C)C)C1. The molecule has 1 saturated carbocycles. The molecule has 0 spiro atoms. The Morgan fingerprint density at radius 3 is 2.73 bits per heavy atom. The quantitative estimate of drug-likeness (QED) is 0.788. The molecular formula is C25H36N2O3. The second-order valence-corrected chi connectivity index (χ2v) is 10.4. The molecule has 2 fully saturated rings. The van der Waals surface area contributed by atoms with Gasteiger partial charge in [0.2, 0.25) is 11.8 Å². The van der Waals surface area contributed by atoms with Crippen molar-refractivity contribution < 1.29 is 14.7 Å². The van der Waals surface area contributed by atoms with Gasteiger partial charge in [-0.05, 0) is 61.1 Å². The fourth-order valence-corrected chi connectivity index (χ4v) is 6.29. The van der Waals surface area contributed by atoms with Crippen LogP contribution >= 0.6 is 0 Å². The number of phenols is 1. The maximum Gasteiger partial charge on any atom is 0.226 e. The molecule has 4 rings (SSSR count). The maximum absolute atomic E-state index is 13.6. The van der Waals surface area contributed by atoms with Gasteiger partial charge in [-0.15, -0.1) is 0 Å². The number of aromatic hydroxyl groups is 1. The van der Waals surface area contributed by atoms with Gasteiger partial charge in [-0.2, -0.15) is 0 Å². The molecule has 1 aromatic rings. The van der Waals surface area contributed by atoms with Gasteiger partial charge in [-0.25, -0.2) is 0 Å². The lowest BCUT2D eigenvalue weighted by Gasteiger charge is -2.61. The van der Waals surface area contributed by atoms with Crippen LogP contribution in [0.3, 0.4) is 0 Å². The Bertz CT molecular complexity index is 849. The Kier molecular flexibility index (Phi) is 5.36. The average molecular weight is 413 g/mol. The second-order valence-electron chi connectivity index (χ2n) is 10.4. The highest BCUT2D eigenvalue weighted by Crippen LogP contribution is 2.57. The molecule has 0 radical (unpaired) electrons. The summed E-state index contributed by atoms with van der Waals surface area (Å²) in [6, 6.07) is 6.07. The van der Waals surface area contributed by atoms with Crippen LogP contribution in [0.2, 0.25) is 0 Å². The highest BCUT2D eigenvalue weighted by molar-refractivity contribution is 5.81. The number of amides is 2. The fraction of sp³-hybridized carbons (Fsp3) is 0.680. The lowest BCUT2D eigenvalue weighted by Crippen LogP contribution is -2.65. The average Bonchev–Trinajstić information content (AvgIpc) is 3.13. The molecule has 3 aliphatic rings. The van der Waals surface area contributed by atoms with Gasteiger partial charge >= 0.3 is 0 Å². The summed E-state index contributed by atoms with van der Waals surface area (Å²) in [6.07, 6.45) is 5.49. The summed E-state index contributed by atoms with van der Waals surface area (Å²) in [6.45, 7) is 9.64. The van der Waals surface area contributed by atoms with Crippen molar-refractivity contribution in [2.75, 3.05) is 6.54 Å². The van der Waals surface area contributed by atoms with Gasteiger partial charge in [-0.3, -0.25) is 9.59 Å². The van der Waals surface area contributed by atoms with Crippen molar-refractivity contribution in [3.05, 3.63) is 29.3 Å². The van der Waals surface area contributed by atoms with Gasteiger partial charge in [0.1, 0.15) is 5.75 Å². The molecule has 0 unspecified atom stereocenters. The third kappa shape index (κ3) is 3.21. The van der Waals surface area contributed by atoms with E-state index >= 15 is 0 Å². The lowest BCUT2D eigenvalue weighted by molar-refractivity contribution is -0.148.